The number of halogens is 3. The molecule has 1 N–H and O–H groups in total. The number of H-pyrrole nitrogens is 1. The standard InChI is InChI=1S/C31H45F3N4S/c1-4-7-10-13-16-24-22-29(38(19-14-11-8-5-2)20-15-12-9-6-3)39-30(24)25-17-18-35-26(21-25)27-23-28(37-36-27)31(32,33)34/h17-18,21-23H,4-16,19-20H2,1-3H3,(H,36,37). The summed E-state index contributed by atoms with van der Waals surface area (Å²) in [6.07, 6.45) is 12.9. The number of thiophene rings is 1. The molecule has 3 heterocycles. The van der Waals surface area contributed by atoms with Crippen molar-refractivity contribution < 1.29 is 13.2 Å². The van der Waals surface area contributed by atoms with E-state index >= 15 is 0 Å². The molecule has 0 saturated carbocycles. The maximum atomic E-state index is 13.1. The van der Waals surface area contributed by atoms with E-state index in [0.29, 0.717) is 5.69 Å². The van der Waals surface area contributed by atoms with E-state index in [1.807, 2.05) is 23.5 Å². The third kappa shape index (κ3) is 9.66. The van der Waals surface area contributed by atoms with E-state index in [0.717, 1.165) is 37.6 Å². The fourth-order valence-corrected chi connectivity index (χ4v) is 6.10. The second kappa shape index (κ2) is 16.0. The van der Waals surface area contributed by atoms with E-state index in [-0.39, 0.29) is 5.69 Å². The van der Waals surface area contributed by atoms with Crippen molar-refractivity contribution in [3.05, 3.63) is 41.7 Å². The number of nitrogens with zero attached hydrogens (tertiary/aromatic N) is 3. The zero-order valence-corrected chi connectivity index (χ0v) is 24.7. The van der Waals surface area contributed by atoms with Gasteiger partial charge in [-0.1, -0.05) is 78.6 Å². The maximum Gasteiger partial charge on any atom is 0.432 e. The molecule has 0 aliphatic rings. The monoisotopic (exact) mass is 562 g/mol. The average Bonchev–Trinajstić information content (AvgIpc) is 3.59. The lowest BCUT2D eigenvalue weighted by atomic mass is 10.0. The van der Waals surface area contributed by atoms with Gasteiger partial charge < -0.3 is 4.90 Å². The van der Waals surface area contributed by atoms with Crippen molar-refractivity contribution in [2.45, 2.75) is 110 Å². The molecule has 0 amide bonds. The fourth-order valence-electron chi connectivity index (χ4n) is 4.84. The van der Waals surface area contributed by atoms with Crippen LogP contribution in [-0.4, -0.2) is 28.3 Å². The summed E-state index contributed by atoms with van der Waals surface area (Å²) in [4.78, 5) is 8.12. The predicted octanol–water partition coefficient (Wildman–Crippen LogP) is 10.3. The molecule has 0 fully saturated rings. The van der Waals surface area contributed by atoms with E-state index in [1.165, 1.54) is 86.1 Å². The molecular weight excluding hydrogens is 517 g/mol. The van der Waals surface area contributed by atoms with Crippen molar-refractivity contribution in [3.8, 4) is 21.8 Å². The van der Waals surface area contributed by atoms with E-state index in [1.54, 1.807) is 6.20 Å². The summed E-state index contributed by atoms with van der Waals surface area (Å²) >= 11 is 1.82. The number of pyridine rings is 1. The van der Waals surface area contributed by atoms with Crippen LogP contribution in [0.5, 0.6) is 0 Å². The molecule has 4 nitrogen and oxygen atoms in total. The Morgan fingerprint density at radius 3 is 2.03 bits per heavy atom. The van der Waals surface area contributed by atoms with Crippen LogP contribution in [0.15, 0.2) is 30.5 Å². The zero-order chi connectivity index (χ0) is 28.1. The van der Waals surface area contributed by atoms with Crippen LogP contribution in [0.4, 0.5) is 18.2 Å². The van der Waals surface area contributed by atoms with E-state index < -0.39 is 11.9 Å². The molecule has 3 aromatic heterocycles. The Labute approximate surface area is 236 Å². The Kier molecular flexibility index (Phi) is 12.8. The minimum atomic E-state index is -4.46. The highest BCUT2D eigenvalue weighted by Crippen LogP contribution is 2.40. The second-order valence-corrected chi connectivity index (χ2v) is 11.5. The number of anilines is 1. The first kappa shape index (κ1) is 31.2. The molecule has 0 unspecified atom stereocenters. The van der Waals surface area contributed by atoms with E-state index in [9.17, 15) is 13.2 Å². The molecule has 0 spiro atoms. The van der Waals surface area contributed by atoms with Crippen molar-refractivity contribution >= 4 is 16.3 Å². The van der Waals surface area contributed by atoms with Crippen LogP contribution in [-0.2, 0) is 12.6 Å². The number of rotatable bonds is 18. The van der Waals surface area contributed by atoms with E-state index in [2.05, 4.69) is 46.9 Å². The van der Waals surface area contributed by atoms with Crippen LogP contribution in [0, 0.1) is 0 Å². The highest BCUT2D eigenvalue weighted by atomic mass is 32.1. The summed E-state index contributed by atoms with van der Waals surface area (Å²) in [7, 11) is 0. The molecule has 3 rings (SSSR count). The predicted molar refractivity (Wildman–Crippen MR) is 158 cm³/mol. The lowest BCUT2D eigenvalue weighted by molar-refractivity contribution is -0.141. The Morgan fingerprint density at radius 2 is 1.44 bits per heavy atom. The molecule has 216 valence electrons. The van der Waals surface area contributed by atoms with Crippen molar-refractivity contribution in [2.24, 2.45) is 0 Å². The number of aromatic amines is 1. The Bertz CT molecular complexity index is 1090. The van der Waals surface area contributed by atoms with Gasteiger partial charge in [0.2, 0.25) is 0 Å². The molecule has 0 aliphatic carbocycles. The highest BCUT2D eigenvalue weighted by molar-refractivity contribution is 7.19. The van der Waals surface area contributed by atoms with Crippen LogP contribution < -0.4 is 4.90 Å². The maximum absolute atomic E-state index is 13.1. The first-order valence-electron chi connectivity index (χ1n) is 14.8. The van der Waals surface area contributed by atoms with Gasteiger partial charge in [0.25, 0.3) is 0 Å². The topological polar surface area (TPSA) is 44.8 Å². The van der Waals surface area contributed by atoms with Crippen LogP contribution >= 0.6 is 11.3 Å². The molecule has 0 aromatic carbocycles. The number of aromatic nitrogens is 3. The smallest absolute Gasteiger partial charge is 0.363 e. The first-order chi connectivity index (χ1) is 18.9. The molecule has 0 radical (unpaired) electrons. The molecule has 0 atom stereocenters. The molecule has 39 heavy (non-hydrogen) atoms. The van der Waals surface area contributed by atoms with Crippen LogP contribution in [0.3, 0.4) is 0 Å². The average molecular weight is 563 g/mol. The first-order valence-corrected chi connectivity index (χ1v) is 15.7. The fraction of sp³-hybridized carbons (Fsp3) is 0.613. The van der Waals surface area contributed by atoms with Gasteiger partial charge in [-0.3, -0.25) is 10.1 Å². The summed E-state index contributed by atoms with van der Waals surface area (Å²) in [5, 5.41) is 7.32. The molecular formula is C31H45F3N4S. The van der Waals surface area contributed by atoms with Crippen LogP contribution in [0.1, 0.15) is 109 Å². The van der Waals surface area contributed by atoms with Crippen LogP contribution in [0.25, 0.3) is 21.8 Å². The number of hydrogen-bond donors (Lipinski definition) is 1. The molecule has 0 bridgehead atoms. The molecule has 0 aliphatic heterocycles. The highest BCUT2D eigenvalue weighted by Gasteiger charge is 2.33. The van der Waals surface area contributed by atoms with Gasteiger partial charge in [0.15, 0.2) is 0 Å². The lowest BCUT2D eigenvalue weighted by Crippen LogP contribution is -2.24. The summed E-state index contributed by atoms with van der Waals surface area (Å²) < 4.78 is 39.4. The number of alkyl halides is 3. The third-order valence-corrected chi connectivity index (χ3v) is 8.43. The zero-order valence-electron chi connectivity index (χ0n) is 23.9. The summed E-state index contributed by atoms with van der Waals surface area (Å²) in [6, 6.07) is 7.26. The Hall–Kier alpha value is -2.35. The largest absolute Gasteiger partial charge is 0.432 e. The van der Waals surface area contributed by atoms with Crippen molar-refractivity contribution in [1.29, 1.82) is 0 Å². The van der Waals surface area contributed by atoms with Crippen molar-refractivity contribution in [3.63, 3.8) is 0 Å². The van der Waals surface area contributed by atoms with Gasteiger partial charge in [-0.2, -0.15) is 18.3 Å². The Balaban J connectivity index is 1.90. The number of unbranched alkanes of at least 4 members (excludes halogenated alkanes) is 9. The number of nitrogens with one attached hydrogen (secondary N) is 1. The van der Waals surface area contributed by atoms with Crippen LogP contribution in [0.2, 0.25) is 0 Å². The molecule has 8 heteroatoms. The van der Waals surface area contributed by atoms with Gasteiger partial charge in [0, 0.05) is 24.2 Å². The van der Waals surface area contributed by atoms with Gasteiger partial charge in [0.05, 0.1) is 10.7 Å². The SMILES string of the molecule is CCCCCCc1cc(N(CCCCCC)CCCCCC)sc1-c1ccnc(-c2cc(C(F)(F)F)[nH]n2)c1. The number of aryl methyl sites for hydroxylation is 1. The molecule has 0 saturated heterocycles. The van der Waals surface area contributed by atoms with Crippen molar-refractivity contribution in [1.82, 2.24) is 15.2 Å². The van der Waals surface area contributed by atoms with Gasteiger partial charge in [-0.15, -0.1) is 11.3 Å². The quantitative estimate of drug-likeness (QED) is 0.157. The van der Waals surface area contributed by atoms with Gasteiger partial charge >= 0.3 is 6.18 Å². The number of hydrogen-bond acceptors (Lipinski definition) is 4. The summed E-state index contributed by atoms with van der Waals surface area (Å²) in [5.74, 6) is 0. The molecule has 3 aromatic rings. The summed E-state index contributed by atoms with van der Waals surface area (Å²) in [5.41, 5.74) is 2.12. The second-order valence-electron chi connectivity index (χ2n) is 10.5. The van der Waals surface area contributed by atoms with Gasteiger partial charge in [-0.25, -0.2) is 0 Å². The third-order valence-electron chi connectivity index (χ3n) is 7.14. The van der Waals surface area contributed by atoms with Crippen molar-refractivity contribution in [2.75, 3.05) is 18.0 Å². The van der Waals surface area contributed by atoms with Gasteiger partial charge in [0.1, 0.15) is 11.4 Å². The summed E-state index contributed by atoms with van der Waals surface area (Å²) in [6.45, 7) is 8.84. The Morgan fingerprint density at radius 1 is 0.795 bits per heavy atom. The van der Waals surface area contributed by atoms with Gasteiger partial charge in [-0.05, 0) is 61.1 Å². The lowest BCUT2D eigenvalue weighted by Gasteiger charge is -2.23. The minimum Gasteiger partial charge on any atom is -0.363 e. The minimum absolute atomic E-state index is 0.207. The normalized spacial score (nSPS) is 11.8. The van der Waals surface area contributed by atoms with E-state index in [4.69, 9.17) is 0 Å².